The molecule has 1 heterocycles. The molecular weight excluding hydrogens is 160 g/mol. The molecule has 0 radical (unpaired) electrons. The third-order valence-corrected chi connectivity index (χ3v) is 2.04. The lowest BCUT2D eigenvalue weighted by atomic mass is 10.2. The summed E-state index contributed by atoms with van der Waals surface area (Å²) in [6, 6.07) is 6.28. The van der Waals surface area contributed by atoms with Crippen molar-refractivity contribution < 1.29 is 0 Å². The Morgan fingerprint density at radius 2 is 1.92 bits per heavy atom. The van der Waals surface area contributed by atoms with Crippen LogP contribution in [0.15, 0.2) is 18.2 Å². The van der Waals surface area contributed by atoms with Gasteiger partial charge in [0.2, 0.25) is 0 Å². The molecule has 0 spiro atoms. The van der Waals surface area contributed by atoms with Gasteiger partial charge in [-0.15, -0.1) is 0 Å². The monoisotopic (exact) mass is 178 g/mol. The molecule has 0 saturated carbocycles. The Morgan fingerprint density at radius 3 is 2.54 bits per heavy atom. The summed E-state index contributed by atoms with van der Waals surface area (Å²) >= 11 is 0. The quantitative estimate of drug-likeness (QED) is 0.698. The first-order valence-electron chi connectivity index (χ1n) is 4.82. The van der Waals surface area contributed by atoms with E-state index in [1.165, 1.54) is 11.4 Å². The second-order valence-corrected chi connectivity index (χ2v) is 3.53. The average Bonchev–Trinajstić information content (AvgIpc) is 2.15. The summed E-state index contributed by atoms with van der Waals surface area (Å²) in [5.41, 5.74) is 2.39. The smallest absolute Gasteiger partial charge is 0.0419 e. The van der Waals surface area contributed by atoms with E-state index in [0.717, 1.165) is 19.4 Å². The Bertz CT molecular complexity index is 256. The molecule has 72 valence electrons. The molecular formula is C11H18N2. The molecule has 2 heteroatoms. The number of likely N-dealkylation sites (N-methyl/N-ethyl adjacent to an activating group) is 1. The van der Waals surface area contributed by atoms with Gasteiger partial charge in [0, 0.05) is 24.4 Å². The van der Waals surface area contributed by atoms with Crippen LogP contribution in [0.4, 0.5) is 0 Å². The van der Waals surface area contributed by atoms with Gasteiger partial charge in [-0.25, -0.2) is 0 Å². The summed E-state index contributed by atoms with van der Waals surface area (Å²) in [5.74, 6) is 0. The summed E-state index contributed by atoms with van der Waals surface area (Å²) in [6.07, 6.45) is 2.07. The first-order valence-corrected chi connectivity index (χ1v) is 4.82. The van der Waals surface area contributed by atoms with E-state index in [1.54, 1.807) is 0 Å². The Labute approximate surface area is 80.6 Å². The predicted octanol–water partition coefficient (Wildman–Crippen LogP) is 1.75. The van der Waals surface area contributed by atoms with Crippen LogP contribution in [-0.4, -0.2) is 30.5 Å². The van der Waals surface area contributed by atoms with Crippen LogP contribution in [-0.2, 0) is 12.8 Å². The lowest BCUT2D eigenvalue weighted by molar-refractivity contribution is 0.411. The van der Waals surface area contributed by atoms with Gasteiger partial charge in [-0.2, -0.15) is 0 Å². The van der Waals surface area contributed by atoms with Crippen molar-refractivity contribution in [2.75, 3.05) is 20.6 Å². The Kier molecular flexibility index (Phi) is 3.90. The molecule has 2 nitrogen and oxygen atoms in total. The lowest BCUT2D eigenvalue weighted by Crippen LogP contribution is -2.15. The Balaban J connectivity index is 2.56. The van der Waals surface area contributed by atoms with Crippen molar-refractivity contribution in [1.82, 2.24) is 9.88 Å². The molecule has 0 aliphatic heterocycles. The van der Waals surface area contributed by atoms with E-state index < -0.39 is 0 Å². The first kappa shape index (κ1) is 10.2. The molecule has 0 amide bonds. The molecule has 0 aliphatic rings. The van der Waals surface area contributed by atoms with E-state index >= 15 is 0 Å². The summed E-state index contributed by atoms with van der Waals surface area (Å²) in [4.78, 5) is 6.72. The van der Waals surface area contributed by atoms with Crippen molar-refractivity contribution in [3.8, 4) is 0 Å². The maximum atomic E-state index is 4.54. The number of rotatable bonds is 4. The summed E-state index contributed by atoms with van der Waals surface area (Å²) in [6.45, 7) is 3.21. The minimum Gasteiger partial charge on any atom is -0.309 e. The van der Waals surface area contributed by atoms with Gasteiger partial charge < -0.3 is 4.90 Å². The molecule has 0 aliphatic carbocycles. The highest BCUT2D eigenvalue weighted by Gasteiger charge is 1.97. The number of hydrogen-bond acceptors (Lipinski definition) is 2. The van der Waals surface area contributed by atoms with Crippen molar-refractivity contribution in [3.63, 3.8) is 0 Å². The molecule has 1 aromatic rings. The topological polar surface area (TPSA) is 16.1 Å². The molecule has 0 atom stereocenters. The zero-order valence-corrected chi connectivity index (χ0v) is 8.75. The standard InChI is InChI=1S/C11H18N2/c1-4-10-6-5-7-11(12-10)8-9-13(2)3/h5-7H,4,8-9H2,1-3H3. The van der Waals surface area contributed by atoms with Gasteiger partial charge in [-0.1, -0.05) is 13.0 Å². The maximum Gasteiger partial charge on any atom is 0.0419 e. The van der Waals surface area contributed by atoms with E-state index in [-0.39, 0.29) is 0 Å². The fourth-order valence-electron chi connectivity index (χ4n) is 1.20. The average molecular weight is 178 g/mol. The van der Waals surface area contributed by atoms with E-state index in [4.69, 9.17) is 0 Å². The number of hydrogen-bond donors (Lipinski definition) is 0. The lowest BCUT2D eigenvalue weighted by Gasteiger charge is -2.08. The van der Waals surface area contributed by atoms with Crippen LogP contribution in [0.2, 0.25) is 0 Å². The summed E-state index contributed by atoms with van der Waals surface area (Å²) < 4.78 is 0. The van der Waals surface area contributed by atoms with Crippen molar-refractivity contribution in [1.29, 1.82) is 0 Å². The molecule has 0 unspecified atom stereocenters. The predicted molar refractivity (Wildman–Crippen MR) is 55.9 cm³/mol. The van der Waals surface area contributed by atoms with Crippen LogP contribution >= 0.6 is 0 Å². The minimum atomic E-state index is 1.02. The zero-order chi connectivity index (χ0) is 9.68. The maximum absolute atomic E-state index is 4.54. The van der Waals surface area contributed by atoms with Crippen LogP contribution in [0.25, 0.3) is 0 Å². The van der Waals surface area contributed by atoms with E-state index in [9.17, 15) is 0 Å². The molecule has 0 saturated heterocycles. The first-order chi connectivity index (χ1) is 6.22. The van der Waals surface area contributed by atoms with Crippen LogP contribution in [0.1, 0.15) is 18.3 Å². The van der Waals surface area contributed by atoms with Gasteiger partial charge in [0.25, 0.3) is 0 Å². The van der Waals surface area contributed by atoms with Crippen molar-refractivity contribution in [3.05, 3.63) is 29.6 Å². The van der Waals surface area contributed by atoms with Crippen molar-refractivity contribution in [2.24, 2.45) is 0 Å². The van der Waals surface area contributed by atoms with Crippen LogP contribution in [0.5, 0.6) is 0 Å². The highest BCUT2D eigenvalue weighted by Crippen LogP contribution is 2.01. The fraction of sp³-hybridized carbons (Fsp3) is 0.545. The number of pyridine rings is 1. The van der Waals surface area contributed by atoms with Crippen molar-refractivity contribution >= 4 is 0 Å². The third-order valence-electron chi connectivity index (χ3n) is 2.04. The number of aryl methyl sites for hydroxylation is 1. The summed E-state index contributed by atoms with van der Waals surface area (Å²) in [5, 5.41) is 0. The van der Waals surface area contributed by atoms with Gasteiger partial charge in [-0.3, -0.25) is 4.98 Å². The molecule has 0 bridgehead atoms. The van der Waals surface area contributed by atoms with Crippen LogP contribution in [0.3, 0.4) is 0 Å². The molecule has 0 N–H and O–H groups in total. The SMILES string of the molecule is CCc1cccc(CCN(C)C)n1. The van der Waals surface area contributed by atoms with Gasteiger partial charge in [0.1, 0.15) is 0 Å². The Morgan fingerprint density at radius 1 is 1.23 bits per heavy atom. The number of nitrogens with zero attached hydrogens (tertiary/aromatic N) is 2. The van der Waals surface area contributed by atoms with E-state index in [2.05, 4.69) is 49.1 Å². The van der Waals surface area contributed by atoms with E-state index in [1.807, 2.05) is 0 Å². The van der Waals surface area contributed by atoms with Gasteiger partial charge >= 0.3 is 0 Å². The van der Waals surface area contributed by atoms with Crippen LogP contribution < -0.4 is 0 Å². The number of aromatic nitrogens is 1. The molecule has 13 heavy (non-hydrogen) atoms. The largest absolute Gasteiger partial charge is 0.309 e. The van der Waals surface area contributed by atoms with Crippen molar-refractivity contribution in [2.45, 2.75) is 19.8 Å². The van der Waals surface area contributed by atoms with Gasteiger partial charge in [-0.05, 0) is 32.6 Å². The highest BCUT2D eigenvalue weighted by molar-refractivity contribution is 5.11. The second kappa shape index (κ2) is 4.97. The molecule has 1 rings (SSSR count). The minimum absolute atomic E-state index is 1.02. The highest BCUT2D eigenvalue weighted by atomic mass is 15.0. The molecule has 0 aromatic carbocycles. The van der Waals surface area contributed by atoms with E-state index in [0.29, 0.717) is 0 Å². The molecule has 0 fully saturated rings. The Hall–Kier alpha value is -0.890. The normalized spacial score (nSPS) is 10.8. The molecule has 1 aromatic heterocycles. The summed E-state index contributed by atoms with van der Waals surface area (Å²) in [7, 11) is 4.17. The second-order valence-electron chi connectivity index (χ2n) is 3.53. The van der Waals surface area contributed by atoms with Crippen LogP contribution in [0, 0.1) is 0 Å². The van der Waals surface area contributed by atoms with Gasteiger partial charge in [0.15, 0.2) is 0 Å². The van der Waals surface area contributed by atoms with Gasteiger partial charge in [0.05, 0.1) is 0 Å². The third kappa shape index (κ3) is 3.55. The fourth-order valence-corrected chi connectivity index (χ4v) is 1.20. The zero-order valence-electron chi connectivity index (χ0n) is 8.75.